The molecule has 74 valence electrons. The molecule has 14 heavy (non-hydrogen) atoms. The maximum Gasteiger partial charge on any atom is 0.145 e. The number of halogens is 1. The molecule has 0 spiro atoms. The highest BCUT2D eigenvalue weighted by molar-refractivity contribution is 6.31. The van der Waals surface area contributed by atoms with E-state index in [1.165, 1.54) is 0 Å². The average Bonchev–Trinajstić information content (AvgIpc) is 2.57. The molecular formula is C10H11ClN2O. The molecule has 0 fully saturated rings. The Morgan fingerprint density at radius 1 is 1.50 bits per heavy atom. The van der Waals surface area contributed by atoms with Crippen LogP contribution in [0.3, 0.4) is 0 Å². The Kier molecular flexibility index (Phi) is 2.70. The fourth-order valence-corrected chi connectivity index (χ4v) is 1.55. The monoisotopic (exact) mass is 210 g/mol. The molecule has 0 aliphatic carbocycles. The van der Waals surface area contributed by atoms with Crippen LogP contribution in [0.1, 0.15) is 5.76 Å². The molecule has 0 unspecified atom stereocenters. The number of hydrogen-bond donors (Lipinski definition) is 1. The van der Waals surface area contributed by atoms with Gasteiger partial charge in [-0.1, -0.05) is 16.8 Å². The molecule has 0 aliphatic rings. The van der Waals surface area contributed by atoms with E-state index >= 15 is 0 Å². The Morgan fingerprint density at radius 3 is 3.14 bits per heavy atom. The Labute approximate surface area is 87.0 Å². The summed E-state index contributed by atoms with van der Waals surface area (Å²) in [6.45, 7) is 0.882. The van der Waals surface area contributed by atoms with Gasteiger partial charge in [0, 0.05) is 23.4 Å². The first-order valence-corrected chi connectivity index (χ1v) is 4.87. The van der Waals surface area contributed by atoms with Gasteiger partial charge >= 0.3 is 0 Å². The topological polar surface area (TPSA) is 38.1 Å². The van der Waals surface area contributed by atoms with Crippen LogP contribution < -0.4 is 5.32 Å². The number of benzene rings is 1. The average molecular weight is 211 g/mol. The normalized spacial score (nSPS) is 11.0. The molecule has 0 aliphatic heterocycles. The molecule has 0 atom stereocenters. The van der Waals surface area contributed by atoms with Crippen molar-refractivity contribution in [1.29, 1.82) is 0 Å². The van der Waals surface area contributed by atoms with E-state index in [9.17, 15) is 0 Å². The number of nitrogens with zero attached hydrogens (tertiary/aromatic N) is 1. The number of fused-ring (bicyclic) bond motifs is 1. The lowest BCUT2D eigenvalue weighted by Gasteiger charge is -1.95. The summed E-state index contributed by atoms with van der Waals surface area (Å²) in [5, 5.41) is 8.75. The van der Waals surface area contributed by atoms with E-state index in [4.69, 9.17) is 16.1 Å². The predicted molar refractivity (Wildman–Crippen MR) is 56.6 cm³/mol. The van der Waals surface area contributed by atoms with Crippen molar-refractivity contribution in [3.63, 3.8) is 0 Å². The number of nitrogens with one attached hydrogen (secondary N) is 1. The maximum atomic E-state index is 5.84. The zero-order valence-electron chi connectivity index (χ0n) is 7.88. The molecule has 0 radical (unpaired) electrons. The third-order valence-corrected chi connectivity index (χ3v) is 2.35. The molecule has 1 aromatic heterocycles. The van der Waals surface area contributed by atoms with Crippen LogP contribution in [0.25, 0.3) is 10.9 Å². The molecule has 0 bridgehead atoms. The number of hydrogen-bond acceptors (Lipinski definition) is 3. The first kappa shape index (κ1) is 9.49. The summed E-state index contributed by atoms with van der Waals surface area (Å²) in [6.07, 6.45) is 0.842. The second kappa shape index (κ2) is 3.98. The summed E-state index contributed by atoms with van der Waals surface area (Å²) in [4.78, 5) is 0. The van der Waals surface area contributed by atoms with Gasteiger partial charge in [0.1, 0.15) is 11.3 Å². The lowest BCUT2D eigenvalue weighted by Crippen LogP contribution is -2.09. The van der Waals surface area contributed by atoms with Crippen molar-refractivity contribution in [2.75, 3.05) is 13.6 Å². The standard InChI is InChI=1S/C10H11ClN2O/c1-12-5-4-10-8-3-2-7(11)6-9(8)13-14-10/h2-3,6,12H,4-5H2,1H3. The van der Waals surface area contributed by atoms with Crippen LogP contribution in [0.2, 0.25) is 5.02 Å². The smallest absolute Gasteiger partial charge is 0.145 e. The minimum Gasteiger partial charge on any atom is -0.360 e. The summed E-state index contributed by atoms with van der Waals surface area (Å²) < 4.78 is 5.22. The van der Waals surface area contributed by atoms with Crippen molar-refractivity contribution in [3.8, 4) is 0 Å². The second-order valence-electron chi connectivity index (χ2n) is 3.12. The molecule has 1 N–H and O–H groups in total. The first-order valence-electron chi connectivity index (χ1n) is 4.49. The third kappa shape index (κ3) is 1.74. The van der Waals surface area contributed by atoms with Crippen LogP contribution in [0.15, 0.2) is 22.7 Å². The van der Waals surface area contributed by atoms with Gasteiger partial charge in [0.2, 0.25) is 0 Å². The quantitative estimate of drug-likeness (QED) is 0.845. The fraction of sp³-hybridized carbons (Fsp3) is 0.300. The molecule has 3 nitrogen and oxygen atoms in total. The van der Waals surface area contributed by atoms with Crippen molar-refractivity contribution >= 4 is 22.5 Å². The summed E-state index contributed by atoms with van der Waals surface area (Å²) in [5.41, 5.74) is 0.823. The number of likely N-dealkylation sites (N-methyl/N-ethyl adjacent to an activating group) is 1. The van der Waals surface area contributed by atoms with Crippen molar-refractivity contribution in [3.05, 3.63) is 29.0 Å². The third-order valence-electron chi connectivity index (χ3n) is 2.12. The highest BCUT2D eigenvalue weighted by atomic mass is 35.5. The van der Waals surface area contributed by atoms with Crippen molar-refractivity contribution < 1.29 is 4.52 Å². The van der Waals surface area contributed by atoms with Crippen molar-refractivity contribution in [1.82, 2.24) is 10.5 Å². The zero-order valence-corrected chi connectivity index (χ0v) is 8.64. The van der Waals surface area contributed by atoms with E-state index in [1.807, 2.05) is 25.2 Å². The number of rotatable bonds is 3. The van der Waals surface area contributed by atoms with Crippen LogP contribution in [-0.4, -0.2) is 18.7 Å². The van der Waals surface area contributed by atoms with Gasteiger partial charge in [-0.3, -0.25) is 0 Å². The zero-order chi connectivity index (χ0) is 9.97. The van der Waals surface area contributed by atoms with E-state index in [2.05, 4.69) is 10.5 Å². The van der Waals surface area contributed by atoms with Gasteiger partial charge < -0.3 is 9.84 Å². The van der Waals surface area contributed by atoms with Gasteiger partial charge in [0.05, 0.1) is 0 Å². The minimum atomic E-state index is 0.686. The molecule has 2 aromatic rings. The van der Waals surface area contributed by atoms with Crippen LogP contribution in [0.5, 0.6) is 0 Å². The summed E-state index contributed by atoms with van der Waals surface area (Å²) >= 11 is 5.84. The largest absolute Gasteiger partial charge is 0.360 e. The predicted octanol–water partition coefficient (Wildman–Crippen LogP) is 2.24. The molecule has 2 rings (SSSR count). The SMILES string of the molecule is CNCCc1onc2cc(Cl)ccc12. The van der Waals surface area contributed by atoms with Crippen molar-refractivity contribution in [2.45, 2.75) is 6.42 Å². The van der Waals surface area contributed by atoms with Crippen LogP contribution in [0, 0.1) is 0 Å². The first-order chi connectivity index (χ1) is 6.81. The highest BCUT2D eigenvalue weighted by Gasteiger charge is 2.07. The van der Waals surface area contributed by atoms with Gasteiger partial charge in [-0.15, -0.1) is 0 Å². The van der Waals surface area contributed by atoms with Crippen LogP contribution in [-0.2, 0) is 6.42 Å². The molecular weight excluding hydrogens is 200 g/mol. The second-order valence-corrected chi connectivity index (χ2v) is 3.56. The van der Waals surface area contributed by atoms with E-state index < -0.39 is 0 Å². The van der Waals surface area contributed by atoms with E-state index in [0.29, 0.717) is 5.02 Å². The van der Waals surface area contributed by atoms with E-state index in [0.717, 1.165) is 29.6 Å². The molecule has 1 heterocycles. The Hall–Kier alpha value is -1.06. The molecule has 0 saturated carbocycles. The van der Waals surface area contributed by atoms with Crippen molar-refractivity contribution in [2.24, 2.45) is 0 Å². The van der Waals surface area contributed by atoms with Gasteiger partial charge in [0.15, 0.2) is 0 Å². The van der Waals surface area contributed by atoms with Gasteiger partial charge in [0.25, 0.3) is 0 Å². The fourth-order valence-electron chi connectivity index (χ4n) is 1.39. The molecule has 1 aromatic carbocycles. The summed E-state index contributed by atoms with van der Waals surface area (Å²) in [6, 6.07) is 5.60. The van der Waals surface area contributed by atoms with E-state index in [-0.39, 0.29) is 0 Å². The van der Waals surface area contributed by atoms with E-state index in [1.54, 1.807) is 0 Å². The molecule has 0 amide bonds. The molecule has 0 saturated heterocycles. The Balaban J connectivity index is 2.37. The number of aromatic nitrogens is 1. The Morgan fingerprint density at radius 2 is 2.36 bits per heavy atom. The lowest BCUT2D eigenvalue weighted by molar-refractivity contribution is 0.390. The summed E-state index contributed by atoms with van der Waals surface area (Å²) in [5.74, 6) is 0.908. The van der Waals surface area contributed by atoms with Gasteiger partial charge in [-0.25, -0.2) is 0 Å². The minimum absolute atomic E-state index is 0.686. The lowest BCUT2D eigenvalue weighted by atomic mass is 10.2. The summed E-state index contributed by atoms with van der Waals surface area (Å²) in [7, 11) is 1.91. The van der Waals surface area contributed by atoms with Crippen LogP contribution >= 0.6 is 11.6 Å². The van der Waals surface area contributed by atoms with Gasteiger partial charge in [-0.2, -0.15) is 0 Å². The highest BCUT2D eigenvalue weighted by Crippen LogP contribution is 2.21. The maximum absolute atomic E-state index is 5.84. The van der Waals surface area contributed by atoms with Crippen LogP contribution in [0.4, 0.5) is 0 Å². The Bertz CT molecular complexity index is 439. The molecule has 4 heteroatoms. The van der Waals surface area contributed by atoms with Gasteiger partial charge in [-0.05, 0) is 25.2 Å².